The van der Waals surface area contributed by atoms with Crippen molar-refractivity contribution in [3.8, 4) is 0 Å². The average molecular weight is 172 g/mol. The first kappa shape index (κ1) is 23.8. The summed E-state index contributed by atoms with van der Waals surface area (Å²) in [5, 5.41) is 3.31. The molecular formula is C10H24Li2N+. The molecule has 0 atom stereocenters. The van der Waals surface area contributed by atoms with Crippen molar-refractivity contribution in [3.05, 3.63) is 6.92 Å². The van der Waals surface area contributed by atoms with Gasteiger partial charge in [-0.2, -0.15) is 6.42 Å². The largest absolute Gasteiger partial charge is 1.00 e. The molecule has 13 heavy (non-hydrogen) atoms. The van der Waals surface area contributed by atoms with Gasteiger partial charge in [-0.3, -0.25) is 0 Å². The van der Waals surface area contributed by atoms with Crippen LogP contribution in [0.25, 0.3) is 0 Å². The third-order valence-electron chi connectivity index (χ3n) is 1.02. The van der Waals surface area contributed by atoms with Crippen LogP contribution in [0, 0.1) is 6.92 Å². The Kier molecular flexibility index (Phi) is 34.4. The van der Waals surface area contributed by atoms with E-state index in [4.69, 9.17) is 0 Å². The summed E-state index contributed by atoms with van der Waals surface area (Å²) in [5.41, 5.74) is 0. The molecule has 0 radical (unpaired) electrons. The summed E-state index contributed by atoms with van der Waals surface area (Å²) in [6.45, 7) is 14.3. The van der Waals surface area contributed by atoms with Gasteiger partial charge in [0.25, 0.3) is 0 Å². The Bertz CT molecular complexity index is 57.9. The zero-order valence-corrected chi connectivity index (χ0v) is 10.8. The molecule has 0 aliphatic heterocycles. The van der Waals surface area contributed by atoms with E-state index in [1.165, 1.54) is 6.42 Å². The van der Waals surface area contributed by atoms with E-state index < -0.39 is 0 Å². The first-order valence-electron chi connectivity index (χ1n) is 4.59. The maximum atomic E-state index is 3.60. The molecule has 0 unspecified atom stereocenters. The van der Waals surface area contributed by atoms with Gasteiger partial charge >= 0.3 is 37.7 Å². The van der Waals surface area contributed by atoms with Gasteiger partial charge in [-0.05, 0) is 0 Å². The fourth-order valence-electron chi connectivity index (χ4n) is 0.667. The van der Waals surface area contributed by atoms with Crippen molar-refractivity contribution in [2.24, 2.45) is 0 Å². The van der Waals surface area contributed by atoms with E-state index in [1.807, 2.05) is 0 Å². The van der Waals surface area contributed by atoms with Crippen LogP contribution >= 0.6 is 0 Å². The molecule has 1 nitrogen and oxygen atoms in total. The summed E-state index contributed by atoms with van der Waals surface area (Å²) in [6, 6.07) is 1.25. The van der Waals surface area contributed by atoms with Crippen LogP contribution < -0.4 is 43.0 Å². The number of hydrogen-bond acceptors (Lipinski definition) is 1. The van der Waals surface area contributed by atoms with Crippen LogP contribution in [0.15, 0.2) is 0 Å². The Balaban J connectivity index is -0.0000000600. The second kappa shape index (κ2) is 18.8. The van der Waals surface area contributed by atoms with Gasteiger partial charge in [0.2, 0.25) is 0 Å². The molecule has 0 aliphatic rings. The topological polar surface area (TPSA) is 12.0 Å². The maximum absolute atomic E-state index is 3.60. The van der Waals surface area contributed by atoms with Crippen molar-refractivity contribution < 1.29 is 37.7 Å². The van der Waals surface area contributed by atoms with Gasteiger partial charge in [0.15, 0.2) is 0 Å². The molecule has 0 aliphatic carbocycles. The van der Waals surface area contributed by atoms with Crippen molar-refractivity contribution in [3.63, 3.8) is 0 Å². The van der Waals surface area contributed by atoms with Crippen LogP contribution in [0.3, 0.4) is 0 Å². The fourth-order valence-corrected chi connectivity index (χ4v) is 0.667. The van der Waals surface area contributed by atoms with Gasteiger partial charge in [0, 0.05) is 12.1 Å². The van der Waals surface area contributed by atoms with Crippen LogP contribution in [-0.2, 0) is 0 Å². The molecule has 0 aromatic rings. The number of hydrogen-bond donors (Lipinski definition) is 1. The van der Waals surface area contributed by atoms with Crippen molar-refractivity contribution in [2.75, 3.05) is 0 Å². The summed E-state index contributed by atoms with van der Waals surface area (Å²) in [4.78, 5) is 0. The zero-order chi connectivity index (χ0) is 9.28. The monoisotopic (exact) mass is 172 g/mol. The molecule has 0 bridgehead atoms. The minimum absolute atomic E-state index is 0. The zero-order valence-electron chi connectivity index (χ0n) is 10.8. The minimum atomic E-state index is 0. The Morgan fingerprint density at radius 2 is 1.23 bits per heavy atom. The molecule has 0 rings (SSSR count). The Morgan fingerprint density at radius 3 is 1.23 bits per heavy atom. The Hall–Kier alpha value is 1.15. The molecular weight excluding hydrogens is 148 g/mol. The predicted octanol–water partition coefficient (Wildman–Crippen LogP) is -2.98. The van der Waals surface area contributed by atoms with Gasteiger partial charge in [0.05, 0.1) is 0 Å². The van der Waals surface area contributed by atoms with E-state index in [1.54, 1.807) is 0 Å². The van der Waals surface area contributed by atoms with E-state index in [0.29, 0.717) is 12.1 Å². The molecule has 70 valence electrons. The van der Waals surface area contributed by atoms with E-state index in [9.17, 15) is 0 Å². The second-order valence-corrected chi connectivity index (χ2v) is 3.33. The average Bonchev–Trinajstić information content (AvgIpc) is 1.85. The van der Waals surface area contributed by atoms with E-state index in [-0.39, 0.29) is 37.7 Å². The van der Waals surface area contributed by atoms with Crippen molar-refractivity contribution >= 4 is 0 Å². The third-order valence-corrected chi connectivity index (χ3v) is 1.02. The van der Waals surface area contributed by atoms with Crippen LogP contribution in [0.1, 0.15) is 47.5 Å². The SMILES string of the molecule is CC(C)NC(C)C.[CH2-]CCC.[Li+].[Li+]. The molecule has 0 fully saturated rings. The van der Waals surface area contributed by atoms with Crippen LogP contribution in [-0.4, -0.2) is 12.1 Å². The summed E-state index contributed by atoms with van der Waals surface area (Å²) in [7, 11) is 0. The molecule has 1 N–H and O–H groups in total. The van der Waals surface area contributed by atoms with Crippen molar-refractivity contribution in [1.82, 2.24) is 5.32 Å². The van der Waals surface area contributed by atoms with Crippen LogP contribution in [0.2, 0.25) is 0 Å². The molecule has 0 heterocycles. The molecule has 0 saturated heterocycles. The van der Waals surface area contributed by atoms with Gasteiger partial charge in [-0.1, -0.05) is 41.0 Å². The van der Waals surface area contributed by atoms with Gasteiger partial charge in [-0.15, -0.1) is 0 Å². The molecule has 0 aromatic heterocycles. The summed E-state index contributed by atoms with van der Waals surface area (Å²) in [6.07, 6.45) is 2.28. The molecule has 0 spiro atoms. The first-order valence-corrected chi connectivity index (χ1v) is 4.59. The van der Waals surface area contributed by atoms with E-state index in [2.05, 4.69) is 46.9 Å². The summed E-state index contributed by atoms with van der Waals surface area (Å²) in [5.74, 6) is 0. The maximum Gasteiger partial charge on any atom is 1.00 e. The summed E-state index contributed by atoms with van der Waals surface area (Å²) < 4.78 is 0. The smallest absolute Gasteiger partial charge is 0.343 e. The molecule has 3 heteroatoms. The van der Waals surface area contributed by atoms with Crippen molar-refractivity contribution in [1.29, 1.82) is 0 Å². The van der Waals surface area contributed by atoms with E-state index in [0.717, 1.165) is 6.42 Å². The van der Waals surface area contributed by atoms with Gasteiger partial charge in [-0.25, -0.2) is 0 Å². The van der Waals surface area contributed by atoms with Crippen molar-refractivity contribution in [2.45, 2.75) is 59.5 Å². The standard InChI is InChI=1S/C6H15N.C4H9.2Li/c1-5(2)7-6(3)4;1-3-4-2;;/h5-7H,1-4H3;1,3-4H2,2H3;;/q;-1;2*+1. The quantitative estimate of drug-likeness (QED) is 0.354. The minimum Gasteiger partial charge on any atom is -0.343 e. The normalized spacial score (nSPS) is 8.31. The number of unbranched alkanes of at least 4 members (excludes halogenated alkanes) is 1. The predicted molar refractivity (Wildman–Crippen MR) is 53.7 cm³/mol. The Morgan fingerprint density at radius 1 is 1.00 bits per heavy atom. The Labute approximate surface area is 109 Å². The van der Waals surface area contributed by atoms with Crippen LogP contribution in [0.5, 0.6) is 0 Å². The number of rotatable bonds is 3. The van der Waals surface area contributed by atoms with Gasteiger partial charge in [0.1, 0.15) is 0 Å². The first-order chi connectivity index (χ1) is 5.04. The van der Waals surface area contributed by atoms with Gasteiger partial charge < -0.3 is 12.2 Å². The third kappa shape index (κ3) is 43.2. The second-order valence-electron chi connectivity index (χ2n) is 3.33. The number of nitrogens with one attached hydrogen (secondary N) is 1. The molecule has 0 amide bonds. The van der Waals surface area contributed by atoms with E-state index >= 15 is 0 Å². The summed E-state index contributed by atoms with van der Waals surface area (Å²) >= 11 is 0. The van der Waals surface area contributed by atoms with Crippen LogP contribution in [0.4, 0.5) is 0 Å². The molecule has 0 aromatic carbocycles. The fraction of sp³-hybridized carbons (Fsp3) is 0.900. The molecule has 0 saturated carbocycles.